The van der Waals surface area contributed by atoms with Gasteiger partial charge in [-0.2, -0.15) is 4.98 Å². The maximum Gasteiger partial charge on any atom is 0.255 e. The largest absolute Gasteiger partial charge is 0.354 e. The minimum atomic E-state index is 0.0698. The summed E-state index contributed by atoms with van der Waals surface area (Å²) in [6.07, 6.45) is 0. The number of nitrogens with zero attached hydrogens (tertiary/aromatic N) is 6. The van der Waals surface area contributed by atoms with Crippen molar-refractivity contribution in [3.63, 3.8) is 0 Å². The van der Waals surface area contributed by atoms with Crippen LogP contribution < -0.4 is 9.80 Å². The predicted molar refractivity (Wildman–Crippen MR) is 119 cm³/mol. The number of hydrogen-bond acceptors (Lipinski definition) is 6. The van der Waals surface area contributed by atoms with E-state index in [9.17, 15) is 4.79 Å². The summed E-state index contributed by atoms with van der Waals surface area (Å²) < 4.78 is 0.839. The fourth-order valence-electron chi connectivity index (χ4n) is 3.79. The highest BCUT2D eigenvalue weighted by atomic mass is 79.9. The van der Waals surface area contributed by atoms with Crippen molar-refractivity contribution in [3.05, 3.63) is 46.1 Å². The number of likely N-dealkylation sites (N-methyl/N-ethyl adjacent to an activating group) is 1. The molecule has 7 nitrogen and oxygen atoms in total. The van der Waals surface area contributed by atoms with Crippen LogP contribution in [0.2, 0.25) is 0 Å². The monoisotopic (exact) mass is 458 g/mol. The van der Waals surface area contributed by atoms with E-state index >= 15 is 0 Å². The van der Waals surface area contributed by atoms with Gasteiger partial charge < -0.3 is 19.6 Å². The van der Waals surface area contributed by atoms with E-state index in [1.165, 1.54) is 0 Å². The summed E-state index contributed by atoms with van der Waals surface area (Å²) in [4.78, 5) is 31.2. The molecule has 0 N–H and O–H groups in total. The first-order valence-corrected chi connectivity index (χ1v) is 10.9. The first kappa shape index (κ1) is 20.1. The van der Waals surface area contributed by atoms with Crippen molar-refractivity contribution >= 4 is 33.6 Å². The number of carbonyl (C=O) groups is 1. The molecule has 1 aromatic carbocycles. The van der Waals surface area contributed by atoms with Crippen LogP contribution in [0.3, 0.4) is 0 Å². The summed E-state index contributed by atoms with van der Waals surface area (Å²) in [5.41, 5.74) is 1.70. The summed E-state index contributed by atoms with van der Waals surface area (Å²) >= 11 is 3.48. The molecule has 3 heterocycles. The van der Waals surface area contributed by atoms with E-state index in [-0.39, 0.29) is 5.91 Å². The molecule has 0 aliphatic carbocycles. The normalized spacial score (nSPS) is 18.2. The SMILES string of the molecule is Cc1cc(N2CCN(C)CC2)nc(N2CCN(C(=O)c3ccccc3Br)CC2)n1. The zero-order valence-corrected chi connectivity index (χ0v) is 18.6. The highest BCUT2D eigenvalue weighted by Crippen LogP contribution is 2.22. The van der Waals surface area contributed by atoms with Gasteiger partial charge >= 0.3 is 0 Å². The molecule has 2 saturated heterocycles. The summed E-state index contributed by atoms with van der Waals surface area (Å²) in [5, 5.41) is 0. The first-order chi connectivity index (χ1) is 14.0. The number of piperazine rings is 2. The van der Waals surface area contributed by atoms with Gasteiger partial charge in [0.2, 0.25) is 5.95 Å². The molecule has 0 radical (unpaired) electrons. The van der Waals surface area contributed by atoms with Crippen molar-refractivity contribution in [3.8, 4) is 0 Å². The smallest absolute Gasteiger partial charge is 0.255 e. The fourth-order valence-corrected chi connectivity index (χ4v) is 4.24. The van der Waals surface area contributed by atoms with E-state index in [4.69, 9.17) is 4.98 Å². The number of halogens is 1. The number of benzene rings is 1. The molecular formula is C21H27BrN6O. The van der Waals surface area contributed by atoms with Crippen LogP contribution in [-0.4, -0.2) is 85.1 Å². The van der Waals surface area contributed by atoms with E-state index in [1.54, 1.807) is 0 Å². The van der Waals surface area contributed by atoms with Crippen LogP contribution in [0.5, 0.6) is 0 Å². The highest BCUT2D eigenvalue weighted by Gasteiger charge is 2.25. The summed E-state index contributed by atoms with van der Waals surface area (Å²) in [5.74, 6) is 1.85. The van der Waals surface area contributed by atoms with Gasteiger partial charge in [0.25, 0.3) is 5.91 Å². The van der Waals surface area contributed by atoms with Gasteiger partial charge in [0.15, 0.2) is 0 Å². The van der Waals surface area contributed by atoms with E-state index in [0.29, 0.717) is 18.7 Å². The lowest BCUT2D eigenvalue weighted by molar-refractivity contribution is 0.0745. The van der Waals surface area contributed by atoms with Gasteiger partial charge in [0, 0.05) is 68.6 Å². The fraction of sp³-hybridized carbons (Fsp3) is 0.476. The van der Waals surface area contributed by atoms with Crippen LogP contribution in [0.4, 0.5) is 11.8 Å². The van der Waals surface area contributed by atoms with Crippen molar-refractivity contribution in [1.29, 1.82) is 0 Å². The van der Waals surface area contributed by atoms with Gasteiger partial charge in [0.1, 0.15) is 5.82 Å². The zero-order chi connectivity index (χ0) is 20.4. The topological polar surface area (TPSA) is 55.8 Å². The molecule has 8 heteroatoms. The Labute approximate surface area is 180 Å². The molecule has 0 bridgehead atoms. The Kier molecular flexibility index (Phi) is 6.01. The average Bonchev–Trinajstić information content (AvgIpc) is 2.74. The third-order valence-corrected chi connectivity index (χ3v) is 6.30. The first-order valence-electron chi connectivity index (χ1n) is 10.1. The molecule has 1 amide bonds. The van der Waals surface area contributed by atoms with Crippen LogP contribution in [-0.2, 0) is 0 Å². The van der Waals surface area contributed by atoms with Crippen LogP contribution >= 0.6 is 15.9 Å². The number of amides is 1. The average molecular weight is 459 g/mol. The minimum Gasteiger partial charge on any atom is -0.354 e. The van der Waals surface area contributed by atoms with Crippen molar-refractivity contribution in [2.24, 2.45) is 0 Å². The molecular weight excluding hydrogens is 432 g/mol. The molecule has 0 saturated carbocycles. The number of aryl methyl sites for hydroxylation is 1. The number of hydrogen-bond donors (Lipinski definition) is 0. The number of carbonyl (C=O) groups excluding carboxylic acids is 1. The molecule has 4 rings (SSSR count). The standard InChI is InChI=1S/C21H27BrN6O/c1-16-15-19(26-9-7-25(2)8-10-26)24-21(23-16)28-13-11-27(12-14-28)20(29)17-5-3-4-6-18(17)22/h3-6,15H,7-14H2,1-2H3. The van der Waals surface area contributed by atoms with Crippen molar-refractivity contribution in [2.45, 2.75) is 6.92 Å². The van der Waals surface area contributed by atoms with Crippen LogP contribution in [0, 0.1) is 6.92 Å². The molecule has 2 aromatic rings. The Hall–Kier alpha value is -2.19. The second-order valence-corrected chi connectivity index (χ2v) is 8.57. The van der Waals surface area contributed by atoms with Crippen LogP contribution in [0.25, 0.3) is 0 Å². The molecule has 1 aromatic heterocycles. The van der Waals surface area contributed by atoms with Crippen LogP contribution in [0.15, 0.2) is 34.8 Å². The Balaban J connectivity index is 1.43. The summed E-state index contributed by atoms with van der Waals surface area (Å²) in [6.45, 7) is 8.91. The third kappa shape index (κ3) is 4.53. The second-order valence-electron chi connectivity index (χ2n) is 7.72. The number of aromatic nitrogens is 2. The zero-order valence-electron chi connectivity index (χ0n) is 17.0. The van der Waals surface area contributed by atoms with E-state index in [0.717, 1.165) is 61.2 Å². The maximum atomic E-state index is 12.8. The molecule has 2 fully saturated rings. The number of rotatable bonds is 3. The molecule has 2 aliphatic heterocycles. The minimum absolute atomic E-state index is 0.0698. The van der Waals surface area contributed by atoms with E-state index in [2.05, 4.69) is 48.7 Å². The van der Waals surface area contributed by atoms with Gasteiger partial charge in [-0.05, 0) is 42.0 Å². The van der Waals surface area contributed by atoms with Crippen molar-refractivity contribution in [1.82, 2.24) is 19.8 Å². The van der Waals surface area contributed by atoms with Gasteiger partial charge in [-0.25, -0.2) is 4.98 Å². The van der Waals surface area contributed by atoms with Gasteiger partial charge in [-0.3, -0.25) is 4.79 Å². The summed E-state index contributed by atoms with van der Waals surface area (Å²) in [7, 11) is 2.16. The van der Waals surface area contributed by atoms with E-state index < -0.39 is 0 Å². The van der Waals surface area contributed by atoms with Gasteiger partial charge in [0.05, 0.1) is 5.56 Å². The quantitative estimate of drug-likeness (QED) is 0.702. The molecule has 0 atom stereocenters. The lowest BCUT2D eigenvalue weighted by Gasteiger charge is -2.36. The predicted octanol–water partition coefficient (Wildman–Crippen LogP) is 2.26. The van der Waals surface area contributed by atoms with Crippen molar-refractivity contribution < 1.29 is 4.79 Å². The Morgan fingerprint density at radius 1 is 0.931 bits per heavy atom. The maximum absolute atomic E-state index is 12.8. The Morgan fingerprint density at radius 2 is 1.59 bits per heavy atom. The van der Waals surface area contributed by atoms with E-state index in [1.807, 2.05) is 36.1 Å². The van der Waals surface area contributed by atoms with Gasteiger partial charge in [-0.1, -0.05) is 12.1 Å². The molecule has 154 valence electrons. The molecule has 29 heavy (non-hydrogen) atoms. The lowest BCUT2D eigenvalue weighted by Crippen LogP contribution is -2.49. The molecule has 0 unspecified atom stereocenters. The Bertz CT molecular complexity index is 875. The number of anilines is 2. The third-order valence-electron chi connectivity index (χ3n) is 5.61. The van der Waals surface area contributed by atoms with Crippen molar-refractivity contribution in [2.75, 3.05) is 69.2 Å². The summed E-state index contributed by atoms with van der Waals surface area (Å²) in [6, 6.07) is 9.66. The highest BCUT2D eigenvalue weighted by molar-refractivity contribution is 9.10. The Morgan fingerprint density at radius 3 is 2.28 bits per heavy atom. The molecule has 2 aliphatic rings. The lowest BCUT2D eigenvalue weighted by atomic mass is 10.2. The van der Waals surface area contributed by atoms with Gasteiger partial charge in [-0.15, -0.1) is 0 Å². The second kappa shape index (κ2) is 8.67. The van der Waals surface area contributed by atoms with Crippen LogP contribution in [0.1, 0.15) is 16.1 Å². The molecule has 0 spiro atoms.